The average molecular weight is 249 g/mol. The van der Waals surface area contributed by atoms with Crippen molar-refractivity contribution in [1.82, 2.24) is 4.90 Å². The van der Waals surface area contributed by atoms with Gasteiger partial charge in [-0.15, -0.1) is 11.3 Å². The van der Waals surface area contributed by atoms with Gasteiger partial charge in [0.1, 0.15) is 5.82 Å². The van der Waals surface area contributed by atoms with Gasteiger partial charge in [0.2, 0.25) is 0 Å². The van der Waals surface area contributed by atoms with Crippen molar-refractivity contribution in [3.05, 3.63) is 35.0 Å². The normalized spacial score (nSPS) is 15.7. The monoisotopic (exact) mass is 249 g/mol. The maximum absolute atomic E-state index is 13.1. The number of fused-ring (bicyclic) bond motifs is 1. The highest BCUT2D eigenvalue weighted by molar-refractivity contribution is 7.20. The van der Waals surface area contributed by atoms with Gasteiger partial charge < -0.3 is 4.90 Å². The van der Waals surface area contributed by atoms with Gasteiger partial charge in [0.25, 0.3) is 5.91 Å². The summed E-state index contributed by atoms with van der Waals surface area (Å²) in [6.45, 7) is 1.70. The molecule has 1 aliphatic heterocycles. The number of hydrogen-bond donors (Lipinski definition) is 0. The summed E-state index contributed by atoms with van der Waals surface area (Å²) in [7, 11) is 0. The van der Waals surface area contributed by atoms with E-state index in [9.17, 15) is 9.18 Å². The Bertz CT molecular complexity index is 572. The molecule has 4 heteroatoms. The number of rotatable bonds is 1. The third-order valence-electron chi connectivity index (χ3n) is 3.09. The molecule has 0 aliphatic carbocycles. The smallest absolute Gasteiger partial charge is 0.263 e. The van der Waals surface area contributed by atoms with Crippen LogP contribution < -0.4 is 0 Å². The molecule has 0 radical (unpaired) electrons. The SMILES string of the molecule is O=C(c1cc2ccc(F)cc2s1)N1CCCC1. The van der Waals surface area contributed by atoms with E-state index in [2.05, 4.69) is 0 Å². The molecular weight excluding hydrogens is 237 g/mol. The Hall–Kier alpha value is -1.42. The maximum atomic E-state index is 13.1. The first-order chi connectivity index (χ1) is 8.24. The number of amides is 1. The van der Waals surface area contributed by atoms with E-state index in [0.717, 1.165) is 36.0 Å². The summed E-state index contributed by atoms with van der Waals surface area (Å²) < 4.78 is 13.9. The van der Waals surface area contributed by atoms with Gasteiger partial charge in [-0.05, 0) is 36.4 Å². The van der Waals surface area contributed by atoms with Crippen molar-refractivity contribution in [3.8, 4) is 0 Å². The molecule has 1 aromatic heterocycles. The van der Waals surface area contributed by atoms with Gasteiger partial charge in [0.15, 0.2) is 0 Å². The van der Waals surface area contributed by atoms with Gasteiger partial charge >= 0.3 is 0 Å². The Morgan fingerprint density at radius 3 is 2.76 bits per heavy atom. The first-order valence-electron chi connectivity index (χ1n) is 5.72. The van der Waals surface area contributed by atoms with E-state index in [1.54, 1.807) is 6.07 Å². The van der Waals surface area contributed by atoms with Crippen molar-refractivity contribution in [1.29, 1.82) is 0 Å². The number of thiophene rings is 1. The zero-order chi connectivity index (χ0) is 11.8. The molecule has 0 saturated carbocycles. The molecule has 0 atom stereocenters. The second-order valence-electron chi connectivity index (χ2n) is 4.29. The van der Waals surface area contributed by atoms with Crippen LogP contribution in [0.15, 0.2) is 24.3 Å². The Labute approximate surface area is 103 Å². The van der Waals surface area contributed by atoms with Crippen molar-refractivity contribution < 1.29 is 9.18 Å². The van der Waals surface area contributed by atoms with Crippen molar-refractivity contribution in [3.63, 3.8) is 0 Å². The van der Waals surface area contributed by atoms with Crippen LogP contribution in [0.1, 0.15) is 22.5 Å². The second kappa shape index (κ2) is 4.11. The molecule has 17 heavy (non-hydrogen) atoms. The van der Waals surface area contributed by atoms with Crippen LogP contribution in [0.2, 0.25) is 0 Å². The molecule has 2 aromatic rings. The maximum Gasteiger partial charge on any atom is 0.263 e. The molecule has 0 N–H and O–H groups in total. The number of hydrogen-bond acceptors (Lipinski definition) is 2. The topological polar surface area (TPSA) is 20.3 Å². The summed E-state index contributed by atoms with van der Waals surface area (Å²) in [5.74, 6) is -0.163. The summed E-state index contributed by atoms with van der Waals surface area (Å²) in [6.07, 6.45) is 2.18. The van der Waals surface area contributed by atoms with Crippen LogP contribution in [0.4, 0.5) is 4.39 Å². The van der Waals surface area contributed by atoms with E-state index in [1.807, 2.05) is 11.0 Å². The van der Waals surface area contributed by atoms with Crippen molar-refractivity contribution in [2.75, 3.05) is 13.1 Å². The van der Waals surface area contributed by atoms with Gasteiger partial charge in [-0.3, -0.25) is 4.79 Å². The average Bonchev–Trinajstić information content (AvgIpc) is 2.96. The number of nitrogens with zero attached hydrogens (tertiary/aromatic N) is 1. The third-order valence-corrected chi connectivity index (χ3v) is 4.17. The number of carbonyl (C=O) groups excluding carboxylic acids is 1. The summed E-state index contributed by atoms with van der Waals surface area (Å²) in [4.78, 5) is 14.7. The molecule has 88 valence electrons. The van der Waals surface area contributed by atoms with Crippen LogP contribution in [0.25, 0.3) is 10.1 Å². The second-order valence-corrected chi connectivity index (χ2v) is 5.38. The summed E-state index contributed by atoms with van der Waals surface area (Å²) >= 11 is 1.38. The van der Waals surface area contributed by atoms with E-state index in [-0.39, 0.29) is 11.7 Å². The number of benzene rings is 1. The zero-order valence-electron chi connectivity index (χ0n) is 9.28. The molecule has 1 aliphatic rings. The van der Waals surface area contributed by atoms with Crippen LogP contribution in [0.5, 0.6) is 0 Å². The minimum atomic E-state index is -0.250. The fourth-order valence-electron chi connectivity index (χ4n) is 2.19. The highest BCUT2D eigenvalue weighted by Gasteiger charge is 2.21. The molecule has 1 fully saturated rings. The zero-order valence-corrected chi connectivity index (χ0v) is 10.1. The quantitative estimate of drug-likeness (QED) is 0.759. The fraction of sp³-hybridized carbons (Fsp3) is 0.308. The van der Waals surface area contributed by atoms with Crippen molar-refractivity contribution in [2.45, 2.75) is 12.8 Å². The predicted octanol–water partition coefficient (Wildman–Crippen LogP) is 3.28. The fourth-order valence-corrected chi connectivity index (χ4v) is 3.24. The Balaban J connectivity index is 1.97. The summed E-state index contributed by atoms with van der Waals surface area (Å²) in [5, 5.41) is 0.943. The Kier molecular flexibility index (Phi) is 2.59. The van der Waals surface area contributed by atoms with Crippen LogP contribution >= 0.6 is 11.3 Å². The molecule has 1 amide bonds. The van der Waals surface area contributed by atoms with E-state index >= 15 is 0 Å². The summed E-state index contributed by atoms with van der Waals surface area (Å²) in [5.41, 5.74) is 0. The van der Waals surface area contributed by atoms with Gasteiger partial charge in [-0.2, -0.15) is 0 Å². The minimum Gasteiger partial charge on any atom is -0.338 e. The lowest BCUT2D eigenvalue weighted by molar-refractivity contribution is 0.0797. The standard InChI is InChI=1S/C13H12FNOS/c14-10-4-3-9-7-12(17-11(9)8-10)13(16)15-5-1-2-6-15/h3-4,7-8H,1-2,5-6H2. The molecule has 3 rings (SSSR count). The number of likely N-dealkylation sites (tertiary alicyclic amines) is 1. The van der Waals surface area contributed by atoms with Crippen LogP contribution in [-0.4, -0.2) is 23.9 Å². The van der Waals surface area contributed by atoms with E-state index < -0.39 is 0 Å². The van der Waals surface area contributed by atoms with Crippen LogP contribution in [0, 0.1) is 5.82 Å². The number of carbonyl (C=O) groups is 1. The Morgan fingerprint density at radius 1 is 1.24 bits per heavy atom. The van der Waals surface area contributed by atoms with E-state index in [1.165, 1.54) is 23.5 Å². The third kappa shape index (κ3) is 1.93. The predicted molar refractivity (Wildman–Crippen MR) is 66.9 cm³/mol. The largest absolute Gasteiger partial charge is 0.338 e. The first kappa shape index (κ1) is 10.7. The Morgan fingerprint density at radius 2 is 2.00 bits per heavy atom. The lowest BCUT2D eigenvalue weighted by atomic mass is 10.2. The molecule has 1 aromatic carbocycles. The van der Waals surface area contributed by atoms with Crippen LogP contribution in [0.3, 0.4) is 0 Å². The minimum absolute atomic E-state index is 0.0871. The molecule has 2 nitrogen and oxygen atoms in total. The number of halogens is 1. The lowest BCUT2D eigenvalue weighted by Gasteiger charge is -2.13. The van der Waals surface area contributed by atoms with Crippen molar-refractivity contribution >= 4 is 27.3 Å². The molecule has 0 unspecified atom stereocenters. The van der Waals surface area contributed by atoms with Gasteiger partial charge in [0, 0.05) is 17.8 Å². The highest BCUT2D eigenvalue weighted by Crippen LogP contribution is 2.28. The molecule has 0 spiro atoms. The van der Waals surface area contributed by atoms with Crippen LogP contribution in [-0.2, 0) is 0 Å². The van der Waals surface area contributed by atoms with E-state index in [0.29, 0.717) is 4.88 Å². The molecule has 1 saturated heterocycles. The van der Waals surface area contributed by atoms with Gasteiger partial charge in [-0.25, -0.2) is 4.39 Å². The van der Waals surface area contributed by atoms with Crippen molar-refractivity contribution in [2.24, 2.45) is 0 Å². The lowest BCUT2D eigenvalue weighted by Crippen LogP contribution is -2.26. The molecule has 2 heterocycles. The first-order valence-corrected chi connectivity index (χ1v) is 6.54. The van der Waals surface area contributed by atoms with Gasteiger partial charge in [-0.1, -0.05) is 6.07 Å². The van der Waals surface area contributed by atoms with E-state index in [4.69, 9.17) is 0 Å². The highest BCUT2D eigenvalue weighted by atomic mass is 32.1. The summed E-state index contributed by atoms with van der Waals surface area (Å²) in [6, 6.07) is 6.50. The van der Waals surface area contributed by atoms with Gasteiger partial charge in [0.05, 0.1) is 4.88 Å². The molecule has 0 bridgehead atoms. The molecular formula is C13H12FNOS.